The summed E-state index contributed by atoms with van der Waals surface area (Å²) in [5.41, 5.74) is 4.94. The molecule has 0 aromatic heterocycles. The van der Waals surface area contributed by atoms with Crippen LogP contribution in [0.5, 0.6) is 5.75 Å². The van der Waals surface area contributed by atoms with Gasteiger partial charge in [0.15, 0.2) is 0 Å². The monoisotopic (exact) mass is 366 g/mol. The highest BCUT2D eigenvalue weighted by Crippen LogP contribution is 2.41. The zero-order chi connectivity index (χ0) is 19.7. The summed E-state index contributed by atoms with van der Waals surface area (Å²) in [7, 11) is 0. The van der Waals surface area contributed by atoms with E-state index in [4.69, 9.17) is 0 Å². The van der Waals surface area contributed by atoms with Crippen LogP contribution in [0, 0.1) is 0 Å². The van der Waals surface area contributed by atoms with E-state index in [-0.39, 0.29) is 5.41 Å². The van der Waals surface area contributed by atoms with E-state index < -0.39 is 0 Å². The topological polar surface area (TPSA) is 20.2 Å². The van der Waals surface area contributed by atoms with Gasteiger partial charge in [0.05, 0.1) is 0 Å². The number of hydrogen-bond donors (Lipinski definition) is 1. The molecule has 0 spiro atoms. The largest absolute Gasteiger partial charge is 0.508 e. The molecule has 0 aliphatic heterocycles. The SMILES string of the molecule is CCCCCCCCCc1c(CC)ccc(O)c1C(C)(C)c1ccccc1. The molecular weight excluding hydrogens is 328 g/mol. The lowest BCUT2D eigenvalue weighted by Crippen LogP contribution is -2.22. The van der Waals surface area contributed by atoms with Gasteiger partial charge in [-0.3, -0.25) is 0 Å². The molecule has 0 aliphatic rings. The summed E-state index contributed by atoms with van der Waals surface area (Å²) in [6, 6.07) is 14.6. The van der Waals surface area contributed by atoms with E-state index in [1.807, 2.05) is 6.07 Å². The molecule has 0 fully saturated rings. The van der Waals surface area contributed by atoms with Crippen molar-refractivity contribution in [2.75, 3.05) is 0 Å². The quantitative estimate of drug-likeness (QED) is 0.406. The van der Waals surface area contributed by atoms with Gasteiger partial charge >= 0.3 is 0 Å². The number of rotatable bonds is 11. The van der Waals surface area contributed by atoms with Crippen LogP contribution in [-0.4, -0.2) is 5.11 Å². The van der Waals surface area contributed by atoms with E-state index >= 15 is 0 Å². The zero-order valence-electron chi connectivity index (χ0n) is 17.9. The summed E-state index contributed by atoms with van der Waals surface area (Å²) < 4.78 is 0. The molecule has 2 rings (SSSR count). The van der Waals surface area contributed by atoms with Crippen molar-refractivity contribution in [3.63, 3.8) is 0 Å². The molecule has 2 aromatic rings. The standard InChI is InChI=1S/C26H38O/c1-5-7-8-9-10-11-15-18-23-21(6-2)19-20-24(27)25(23)26(3,4)22-16-13-12-14-17-22/h12-14,16-17,19-20,27H,5-11,15,18H2,1-4H3. The molecule has 0 saturated heterocycles. The van der Waals surface area contributed by atoms with Gasteiger partial charge in [-0.1, -0.05) is 103 Å². The molecule has 148 valence electrons. The lowest BCUT2D eigenvalue weighted by molar-refractivity contribution is 0.449. The first-order chi connectivity index (χ1) is 13.0. The average molecular weight is 367 g/mol. The van der Waals surface area contributed by atoms with Crippen molar-refractivity contribution in [3.05, 3.63) is 64.7 Å². The van der Waals surface area contributed by atoms with Crippen LogP contribution in [0.15, 0.2) is 42.5 Å². The number of aromatic hydroxyl groups is 1. The van der Waals surface area contributed by atoms with Crippen molar-refractivity contribution in [2.45, 2.75) is 90.9 Å². The first-order valence-electron chi connectivity index (χ1n) is 10.9. The maximum absolute atomic E-state index is 10.8. The van der Waals surface area contributed by atoms with Gasteiger partial charge < -0.3 is 5.11 Å². The van der Waals surface area contributed by atoms with E-state index in [0.29, 0.717) is 5.75 Å². The summed E-state index contributed by atoms with van der Waals surface area (Å²) in [6.45, 7) is 8.97. The highest BCUT2D eigenvalue weighted by atomic mass is 16.3. The summed E-state index contributed by atoms with van der Waals surface area (Å²) in [6.07, 6.45) is 11.3. The van der Waals surface area contributed by atoms with Crippen LogP contribution in [-0.2, 0) is 18.3 Å². The molecule has 0 bridgehead atoms. The van der Waals surface area contributed by atoms with Crippen molar-refractivity contribution >= 4 is 0 Å². The molecule has 0 radical (unpaired) electrons. The van der Waals surface area contributed by atoms with Gasteiger partial charge in [0.2, 0.25) is 0 Å². The maximum Gasteiger partial charge on any atom is 0.119 e. The Hall–Kier alpha value is -1.76. The molecule has 0 atom stereocenters. The fourth-order valence-electron chi connectivity index (χ4n) is 4.25. The molecule has 0 unspecified atom stereocenters. The molecule has 0 saturated carbocycles. The molecule has 2 aromatic carbocycles. The molecule has 0 aliphatic carbocycles. The van der Waals surface area contributed by atoms with Gasteiger partial charge in [-0.15, -0.1) is 0 Å². The molecule has 1 N–H and O–H groups in total. The molecule has 1 nitrogen and oxygen atoms in total. The predicted molar refractivity (Wildman–Crippen MR) is 118 cm³/mol. The second-order valence-electron chi connectivity index (χ2n) is 8.31. The summed E-state index contributed by atoms with van der Waals surface area (Å²) in [5, 5.41) is 10.8. The van der Waals surface area contributed by atoms with Gasteiger partial charge in [0, 0.05) is 11.0 Å². The minimum atomic E-state index is -0.201. The van der Waals surface area contributed by atoms with Crippen molar-refractivity contribution in [2.24, 2.45) is 0 Å². The van der Waals surface area contributed by atoms with Crippen LogP contribution in [0.25, 0.3) is 0 Å². The van der Waals surface area contributed by atoms with Crippen LogP contribution < -0.4 is 0 Å². The normalized spacial score (nSPS) is 11.7. The molecule has 27 heavy (non-hydrogen) atoms. The molecule has 1 heteroatoms. The Kier molecular flexibility index (Phi) is 8.41. The van der Waals surface area contributed by atoms with Gasteiger partial charge in [-0.05, 0) is 42.0 Å². The highest BCUT2D eigenvalue weighted by molar-refractivity contribution is 5.53. The first-order valence-corrected chi connectivity index (χ1v) is 10.9. The van der Waals surface area contributed by atoms with Crippen molar-refractivity contribution < 1.29 is 5.11 Å². The zero-order valence-corrected chi connectivity index (χ0v) is 17.9. The van der Waals surface area contributed by atoms with E-state index in [1.54, 1.807) is 0 Å². The molecule has 0 amide bonds. The third-order valence-electron chi connectivity index (χ3n) is 5.92. The molecule has 0 heterocycles. The Bertz CT molecular complexity index is 685. The second-order valence-corrected chi connectivity index (χ2v) is 8.31. The van der Waals surface area contributed by atoms with Crippen molar-refractivity contribution in [1.29, 1.82) is 0 Å². The van der Waals surface area contributed by atoms with Crippen LogP contribution in [0.2, 0.25) is 0 Å². The van der Waals surface area contributed by atoms with Crippen molar-refractivity contribution in [3.8, 4) is 5.75 Å². The third-order valence-corrected chi connectivity index (χ3v) is 5.92. The van der Waals surface area contributed by atoms with Crippen LogP contribution in [0.3, 0.4) is 0 Å². The number of benzene rings is 2. The van der Waals surface area contributed by atoms with Crippen LogP contribution in [0.1, 0.15) is 94.9 Å². The number of unbranched alkanes of at least 4 members (excludes halogenated alkanes) is 6. The van der Waals surface area contributed by atoms with E-state index in [0.717, 1.165) is 18.4 Å². The summed E-state index contributed by atoms with van der Waals surface area (Å²) >= 11 is 0. The Labute approximate surface area is 166 Å². The van der Waals surface area contributed by atoms with Gasteiger partial charge in [-0.2, -0.15) is 0 Å². The van der Waals surface area contributed by atoms with Gasteiger partial charge in [-0.25, -0.2) is 0 Å². The summed E-state index contributed by atoms with van der Waals surface area (Å²) in [4.78, 5) is 0. The fourth-order valence-corrected chi connectivity index (χ4v) is 4.25. The number of hydrogen-bond acceptors (Lipinski definition) is 1. The Morgan fingerprint density at radius 2 is 1.41 bits per heavy atom. The maximum atomic E-state index is 10.8. The lowest BCUT2D eigenvalue weighted by Gasteiger charge is -2.31. The highest BCUT2D eigenvalue weighted by Gasteiger charge is 2.29. The summed E-state index contributed by atoms with van der Waals surface area (Å²) in [5.74, 6) is 0.444. The minimum Gasteiger partial charge on any atom is -0.508 e. The van der Waals surface area contributed by atoms with Crippen molar-refractivity contribution in [1.82, 2.24) is 0 Å². The lowest BCUT2D eigenvalue weighted by atomic mass is 9.73. The second kappa shape index (κ2) is 10.5. The van der Waals surface area contributed by atoms with Gasteiger partial charge in [0.25, 0.3) is 0 Å². The molecular formula is C26H38O. The number of phenolic OH excluding ortho intramolecular Hbond substituents is 1. The van der Waals surface area contributed by atoms with Crippen LogP contribution in [0.4, 0.5) is 0 Å². The fraction of sp³-hybridized carbons (Fsp3) is 0.538. The average Bonchev–Trinajstić information content (AvgIpc) is 2.68. The number of phenols is 1. The van der Waals surface area contributed by atoms with E-state index in [2.05, 4.69) is 64.1 Å². The van der Waals surface area contributed by atoms with E-state index in [9.17, 15) is 5.11 Å². The minimum absolute atomic E-state index is 0.201. The number of aryl methyl sites for hydroxylation is 1. The van der Waals surface area contributed by atoms with Gasteiger partial charge in [0.1, 0.15) is 5.75 Å². The smallest absolute Gasteiger partial charge is 0.119 e. The first kappa shape index (κ1) is 21.5. The third kappa shape index (κ3) is 5.61. The Morgan fingerprint density at radius 1 is 0.778 bits per heavy atom. The Balaban J connectivity index is 2.21. The van der Waals surface area contributed by atoms with E-state index in [1.165, 1.54) is 61.6 Å². The Morgan fingerprint density at radius 3 is 2.04 bits per heavy atom. The predicted octanol–water partition coefficient (Wildman–Crippen LogP) is 7.57. The van der Waals surface area contributed by atoms with Crippen LogP contribution >= 0.6 is 0 Å².